The zero-order valence-electron chi connectivity index (χ0n) is 13.8. The molecule has 2 N–H and O–H groups in total. The molecule has 0 aromatic heterocycles. The Bertz CT molecular complexity index is 1250. The van der Waals surface area contributed by atoms with Crippen LogP contribution in [0.5, 0.6) is 5.75 Å². The number of benzene rings is 3. The molecule has 1 heterocycles. The predicted octanol–water partition coefficient (Wildman–Crippen LogP) is 3.78. The van der Waals surface area contributed by atoms with Crippen molar-refractivity contribution in [1.82, 2.24) is 0 Å². The van der Waals surface area contributed by atoms with Gasteiger partial charge in [-0.2, -0.15) is 0 Å². The number of carbonyl (C=O) groups is 2. The highest BCUT2D eigenvalue weighted by Crippen LogP contribution is 2.41. The highest BCUT2D eigenvalue weighted by molar-refractivity contribution is 6.08. The first kappa shape index (κ1) is 16.5. The van der Waals surface area contributed by atoms with Crippen LogP contribution in [0.25, 0.3) is 33.4 Å². The van der Waals surface area contributed by atoms with E-state index in [0.717, 1.165) is 0 Å². The number of aromatic carboxylic acids is 1. The zero-order chi connectivity index (χ0) is 19.1. The highest BCUT2D eigenvalue weighted by Gasteiger charge is 2.22. The summed E-state index contributed by atoms with van der Waals surface area (Å²) in [5.74, 6) is -0.939. The molecule has 4 rings (SSSR count). The summed E-state index contributed by atoms with van der Waals surface area (Å²) in [5.41, 5.74) is 1.71. The minimum absolute atomic E-state index is 0.0235. The van der Waals surface area contributed by atoms with Crippen molar-refractivity contribution in [2.45, 2.75) is 0 Å². The summed E-state index contributed by atoms with van der Waals surface area (Å²) in [6.45, 7) is 0. The molecule has 0 bridgehead atoms. The van der Waals surface area contributed by atoms with Gasteiger partial charge in [0.25, 0.3) is 0 Å². The SMILES string of the molecule is O=Cc1ccc(-c2c3ccc(=O)cc-3oc3cc(O)ccc23)c(C(=O)O)c1. The summed E-state index contributed by atoms with van der Waals surface area (Å²) in [5, 5.41) is 20.0. The van der Waals surface area contributed by atoms with Crippen molar-refractivity contribution in [2.75, 3.05) is 0 Å². The van der Waals surface area contributed by atoms with E-state index in [-0.39, 0.29) is 28.1 Å². The number of carbonyl (C=O) groups excluding carboxylic acids is 1. The van der Waals surface area contributed by atoms with E-state index in [1.54, 1.807) is 18.2 Å². The maximum atomic E-state index is 11.8. The van der Waals surface area contributed by atoms with Crippen molar-refractivity contribution in [2.24, 2.45) is 0 Å². The minimum Gasteiger partial charge on any atom is -0.508 e. The van der Waals surface area contributed by atoms with Gasteiger partial charge in [0.1, 0.15) is 23.4 Å². The Hall–Kier alpha value is -3.93. The fraction of sp³-hybridized carbons (Fsp3) is 0. The van der Waals surface area contributed by atoms with E-state index in [4.69, 9.17) is 4.42 Å². The molecule has 0 atom stereocenters. The van der Waals surface area contributed by atoms with Gasteiger partial charge in [0.15, 0.2) is 5.43 Å². The van der Waals surface area contributed by atoms with Gasteiger partial charge in [0.2, 0.25) is 0 Å². The van der Waals surface area contributed by atoms with Gasteiger partial charge in [0.05, 0.1) is 5.56 Å². The first-order valence-corrected chi connectivity index (χ1v) is 8.00. The lowest BCUT2D eigenvalue weighted by Gasteiger charge is -2.16. The topological polar surface area (TPSA) is 105 Å². The molecule has 0 saturated heterocycles. The Morgan fingerprint density at radius 3 is 2.48 bits per heavy atom. The van der Waals surface area contributed by atoms with Gasteiger partial charge in [-0.05, 0) is 35.9 Å². The van der Waals surface area contributed by atoms with Crippen molar-refractivity contribution in [1.29, 1.82) is 0 Å². The van der Waals surface area contributed by atoms with E-state index in [0.29, 0.717) is 33.9 Å². The monoisotopic (exact) mass is 360 g/mol. The van der Waals surface area contributed by atoms with Crippen LogP contribution < -0.4 is 5.43 Å². The fourth-order valence-corrected chi connectivity index (χ4v) is 3.18. The predicted molar refractivity (Wildman–Crippen MR) is 98.6 cm³/mol. The van der Waals surface area contributed by atoms with E-state index >= 15 is 0 Å². The van der Waals surface area contributed by atoms with Gasteiger partial charge >= 0.3 is 5.97 Å². The molecular weight excluding hydrogens is 348 g/mol. The average Bonchev–Trinajstić information content (AvgIpc) is 2.65. The molecule has 1 aliphatic carbocycles. The number of phenols is 1. The first-order chi connectivity index (χ1) is 13.0. The summed E-state index contributed by atoms with van der Waals surface area (Å²) >= 11 is 0. The van der Waals surface area contributed by atoms with Crippen molar-refractivity contribution in [3.8, 4) is 28.2 Å². The summed E-state index contributed by atoms with van der Waals surface area (Å²) in [7, 11) is 0. The highest BCUT2D eigenvalue weighted by atomic mass is 16.4. The Morgan fingerprint density at radius 1 is 0.963 bits per heavy atom. The number of aromatic hydroxyl groups is 1. The second-order valence-electron chi connectivity index (χ2n) is 6.04. The molecule has 0 saturated carbocycles. The number of carboxylic acids is 1. The van der Waals surface area contributed by atoms with Crippen LogP contribution >= 0.6 is 0 Å². The van der Waals surface area contributed by atoms with Gasteiger partial charge in [-0.3, -0.25) is 9.59 Å². The van der Waals surface area contributed by atoms with Crippen LogP contribution in [0.1, 0.15) is 20.7 Å². The van der Waals surface area contributed by atoms with Crippen molar-refractivity contribution >= 4 is 23.2 Å². The fourth-order valence-electron chi connectivity index (χ4n) is 3.18. The third-order valence-electron chi connectivity index (χ3n) is 4.36. The van der Waals surface area contributed by atoms with Gasteiger partial charge < -0.3 is 14.6 Å². The van der Waals surface area contributed by atoms with E-state index in [9.17, 15) is 24.6 Å². The number of hydrogen-bond acceptors (Lipinski definition) is 5. The lowest BCUT2D eigenvalue weighted by atomic mass is 9.90. The third kappa shape index (κ3) is 2.73. The number of phenolic OH excluding ortho intramolecular Hbond substituents is 1. The summed E-state index contributed by atoms with van der Waals surface area (Å²) in [6, 6.07) is 13.1. The normalized spacial score (nSPS) is 11.0. The van der Waals surface area contributed by atoms with E-state index < -0.39 is 5.97 Å². The molecule has 1 aliphatic heterocycles. The van der Waals surface area contributed by atoms with Gasteiger partial charge in [-0.1, -0.05) is 12.1 Å². The number of rotatable bonds is 3. The second kappa shape index (κ2) is 6.10. The Kier molecular flexibility index (Phi) is 3.74. The molecule has 0 fully saturated rings. The molecule has 0 amide bonds. The number of aldehydes is 1. The zero-order valence-corrected chi connectivity index (χ0v) is 13.8. The van der Waals surface area contributed by atoms with Crippen molar-refractivity contribution < 1.29 is 24.2 Å². The summed E-state index contributed by atoms with van der Waals surface area (Å²) in [6.07, 6.45) is 0.578. The van der Waals surface area contributed by atoms with Crippen LogP contribution in [0.2, 0.25) is 0 Å². The van der Waals surface area contributed by atoms with E-state index in [1.165, 1.54) is 36.4 Å². The largest absolute Gasteiger partial charge is 0.508 e. The van der Waals surface area contributed by atoms with Crippen molar-refractivity contribution in [3.63, 3.8) is 0 Å². The van der Waals surface area contributed by atoms with Crippen LogP contribution in [0.4, 0.5) is 0 Å². The molecule has 27 heavy (non-hydrogen) atoms. The standard InChI is InChI=1S/C21H12O6/c22-10-11-1-4-14(17(7-11)21(25)26)20-15-5-2-12(23)8-18(15)27-19-9-13(24)3-6-16(19)20/h1-10,23H,(H,25,26). The Morgan fingerprint density at radius 2 is 1.74 bits per heavy atom. The quantitative estimate of drug-likeness (QED) is 0.425. The van der Waals surface area contributed by atoms with Crippen LogP contribution in [-0.4, -0.2) is 22.5 Å². The average molecular weight is 360 g/mol. The molecule has 6 heteroatoms. The first-order valence-electron chi connectivity index (χ1n) is 8.00. The van der Waals surface area contributed by atoms with Gasteiger partial charge in [-0.25, -0.2) is 4.79 Å². The third-order valence-corrected chi connectivity index (χ3v) is 4.36. The summed E-state index contributed by atoms with van der Waals surface area (Å²) < 4.78 is 5.75. The Labute approximate surface area is 152 Å². The lowest BCUT2D eigenvalue weighted by molar-refractivity contribution is 0.0697. The molecule has 2 aromatic carbocycles. The van der Waals surface area contributed by atoms with Gasteiger partial charge in [0, 0.05) is 34.2 Å². The van der Waals surface area contributed by atoms with Gasteiger partial charge in [-0.15, -0.1) is 0 Å². The molecule has 2 aromatic rings. The second-order valence-corrected chi connectivity index (χ2v) is 6.04. The van der Waals surface area contributed by atoms with E-state index in [1.807, 2.05) is 0 Å². The molecule has 6 nitrogen and oxygen atoms in total. The molecule has 0 unspecified atom stereocenters. The molecular formula is C21H12O6. The molecule has 132 valence electrons. The lowest BCUT2D eigenvalue weighted by Crippen LogP contribution is -2.04. The smallest absolute Gasteiger partial charge is 0.336 e. The number of carboxylic acid groups (broad SMARTS) is 1. The number of hydrogen-bond donors (Lipinski definition) is 2. The van der Waals surface area contributed by atoms with Crippen LogP contribution in [0, 0.1) is 0 Å². The maximum Gasteiger partial charge on any atom is 0.336 e. The summed E-state index contributed by atoms with van der Waals surface area (Å²) in [4.78, 5) is 34.6. The Balaban J connectivity index is 2.19. The van der Waals surface area contributed by atoms with Crippen LogP contribution in [0.15, 0.2) is 63.8 Å². The number of fused-ring (bicyclic) bond motifs is 2. The molecule has 2 aliphatic rings. The molecule has 0 radical (unpaired) electrons. The minimum atomic E-state index is -1.19. The van der Waals surface area contributed by atoms with Crippen LogP contribution in [-0.2, 0) is 0 Å². The van der Waals surface area contributed by atoms with Crippen LogP contribution in [0.3, 0.4) is 0 Å². The van der Waals surface area contributed by atoms with Crippen molar-refractivity contribution in [3.05, 3.63) is 75.9 Å². The maximum absolute atomic E-state index is 11.8. The molecule has 0 spiro atoms. The van der Waals surface area contributed by atoms with E-state index in [2.05, 4.69) is 0 Å².